The zero-order valence-electron chi connectivity index (χ0n) is 16.4. The Balaban J connectivity index is 0.00000280. The Morgan fingerprint density at radius 1 is 1.36 bits per heavy atom. The number of ether oxygens (including phenoxy) is 1. The molecule has 156 valence electrons. The summed E-state index contributed by atoms with van der Waals surface area (Å²) in [4.78, 5) is 20.1. The standard InChI is InChI=1S/C19H29N5O3.HI/c1-2-20-19(21-13-16-4-3-5-18(12-16)24(25)26)23-7-6-17(15-23)14-22-8-10-27-11-9-22;/h3-5,12,17H,2,6-11,13-15H2,1H3,(H,20,21);1H. The highest BCUT2D eigenvalue weighted by Gasteiger charge is 2.27. The van der Waals surface area contributed by atoms with E-state index in [4.69, 9.17) is 9.73 Å². The van der Waals surface area contributed by atoms with Crippen molar-refractivity contribution in [3.63, 3.8) is 0 Å². The fraction of sp³-hybridized carbons (Fsp3) is 0.632. The van der Waals surface area contributed by atoms with Crippen LogP contribution < -0.4 is 5.32 Å². The molecule has 3 rings (SSSR count). The van der Waals surface area contributed by atoms with Gasteiger partial charge in [0.2, 0.25) is 0 Å². The molecular weight excluding hydrogens is 473 g/mol. The van der Waals surface area contributed by atoms with Crippen molar-refractivity contribution in [1.82, 2.24) is 15.1 Å². The predicted molar refractivity (Wildman–Crippen MR) is 120 cm³/mol. The smallest absolute Gasteiger partial charge is 0.269 e. The number of nitrogens with zero attached hydrogens (tertiary/aromatic N) is 4. The van der Waals surface area contributed by atoms with E-state index in [9.17, 15) is 10.1 Å². The van der Waals surface area contributed by atoms with Crippen LogP contribution in [0.2, 0.25) is 0 Å². The summed E-state index contributed by atoms with van der Waals surface area (Å²) in [5.41, 5.74) is 0.961. The molecule has 2 fully saturated rings. The molecule has 0 radical (unpaired) electrons. The number of hydrogen-bond donors (Lipinski definition) is 1. The molecule has 1 aromatic rings. The first kappa shape index (κ1) is 22.8. The molecular formula is C19H30IN5O3. The average Bonchev–Trinajstić information content (AvgIpc) is 3.14. The highest BCUT2D eigenvalue weighted by molar-refractivity contribution is 14.0. The second-order valence-electron chi connectivity index (χ2n) is 7.11. The molecule has 1 N–H and O–H groups in total. The van der Waals surface area contributed by atoms with Gasteiger partial charge < -0.3 is 15.0 Å². The van der Waals surface area contributed by atoms with E-state index in [-0.39, 0.29) is 34.6 Å². The quantitative estimate of drug-likeness (QED) is 0.211. The molecule has 0 aliphatic carbocycles. The van der Waals surface area contributed by atoms with Gasteiger partial charge in [-0.05, 0) is 24.8 Å². The van der Waals surface area contributed by atoms with Gasteiger partial charge in [0.25, 0.3) is 5.69 Å². The summed E-state index contributed by atoms with van der Waals surface area (Å²) in [5, 5.41) is 14.3. The molecule has 8 nitrogen and oxygen atoms in total. The summed E-state index contributed by atoms with van der Waals surface area (Å²) >= 11 is 0. The van der Waals surface area contributed by atoms with Gasteiger partial charge >= 0.3 is 0 Å². The van der Waals surface area contributed by atoms with Gasteiger partial charge in [-0.15, -0.1) is 24.0 Å². The third-order valence-electron chi connectivity index (χ3n) is 5.07. The van der Waals surface area contributed by atoms with Crippen LogP contribution in [0.1, 0.15) is 18.9 Å². The molecule has 2 saturated heterocycles. The third kappa shape index (κ3) is 6.56. The number of morpholine rings is 1. The fourth-order valence-corrected chi connectivity index (χ4v) is 3.68. The number of aliphatic imine (C=N–C) groups is 1. The van der Waals surface area contributed by atoms with E-state index < -0.39 is 0 Å². The van der Waals surface area contributed by atoms with Crippen LogP contribution in [0.5, 0.6) is 0 Å². The Hall–Kier alpha value is -1.46. The summed E-state index contributed by atoms with van der Waals surface area (Å²) < 4.78 is 5.43. The van der Waals surface area contributed by atoms with Crippen LogP contribution in [-0.4, -0.2) is 73.2 Å². The van der Waals surface area contributed by atoms with Crippen molar-refractivity contribution < 1.29 is 9.66 Å². The largest absolute Gasteiger partial charge is 0.379 e. The van der Waals surface area contributed by atoms with Crippen LogP contribution in [0.4, 0.5) is 5.69 Å². The maximum Gasteiger partial charge on any atom is 0.269 e. The molecule has 2 heterocycles. The van der Waals surface area contributed by atoms with Crippen molar-refractivity contribution in [1.29, 1.82) is 0 Å². The minimum atomic E-state index is -0.366. The van der Waals surface area contributed by atoms with Crippen molar-refractivity contribution in [3.8, 4) is 0 Å². The van der Waals surface area contributed by atoms with E-state index in [1.54, 1.807) is 12.1 Å². The molecule has 1 aromatic carbocycles. The second-order valence-corrected chi connectivity index (χ2v) is 7.11. The summed E-state index contributed by atoms with van der Waals surface area (Å²) in [6, 6.07) is 6.70. The molecule has 2 aliphatic rings. The van der Waals surface area contributed by atoms with Gasteiger partial charge in [0.1, 0.15) is 0 Å². The first-order valence-electron chi connectivity index (χ1n) is 9.72. The molecule has 0 aromatic heterocycles. The molecule has 0 saturated carbocycles. The Morgan fingerprint density at radius 2 is 2.14 bits per heavy atom. The maximum absolute atomic E-state index is 10.9. The first-order chi connectivity index (χ1) is 13.2. The van der Waals surface area contributed by atoms with Crippen molar-refractivity contribution >= 4 is 35.6 Å². The van der Waals surface area contributed by atoms with E-state index in [0.29, 0.717) is 12.5 Å². The van der Waals surface area contributed by atoms with Gasteiger partial charge in [0.15, 0.2) is 5.96 Å². The van der Waals surface area contributed by atoms with E-state index in [1.165, 1.54) is 12.5 Å². The molecule has 0 bridgehead atoms. The minimum absolute atomic E-state index is 0. The number of benzene rings is 1. The van der Waals surface area contributed by atoms with Gasteiger partial charge in [-0.1, -0.05) is 12.1 Å². The lowest BCUT2D eigenvalue weighted by atomic mass is 10.1. The molecule has 1 atom stereocenters. The number of nitro groups is 1. The second kappa shape index (κ2) is 11.5. The Bertz CT molecular complexity index is 667. The predicted octanol–water partition coefficient (Wildman–Crippen LogP) is 2.33. The van der Waals surface area contributed by atoms with E-state index in [1.807, 2.05) is 6.07 Å². The average molecular weight is 503 g/mol. The van der Waals surface area contributed by atoms with Crippen molar-refractivity contribution in [2.24, 2.45) is 10.9 Å². The third-order valence-corrected chi connectivity index (χ3v) is 5.07. The Labute approximate surface area is 183 Å². The summed E-state index contributed by atoms with van der Waals surface area (Å²) in [5.74, 6) is 1.54. The maximum atomic E-state index is 10.9. The topological polar surface area (TPSA) is 83.2 Å². The van der Waals surface area contributed by atoms with Crippen LogP contribution in [0, 0.1) is 16.0 Å². The molecule has 2 aliphatic heterocycles. The van der Waals surface area contributed by atoms with Crippen LogP contribution in [-0.2, 0) is 11.3 Å². The van der Waals surface area contributed by atoms with Gasteiger partial charge in [-0.25, -0.2) is 4.99 Å². The first-order valence-corrected chi connectivity index (χ1v) is 9.72. The molecule has 0 amide bonds. The zero-order valence-corrected chi connectivity index (χ0v) is 18.7. The lowest BCUT2D eigenvalue weighted by Crippen LogP contribution is -2.42. The number of nitro benzene ring substituents is 1. The summed E-state index contributed by atoms with van der Waals surface area (Å²) in [7, 11) is 0. The van der Waals surface area contributed by atoms with Gasteiger partial charge in [0, 0.05) is 51.4 Å². The van der Waals surface area contributed by atoms with Crippen LogP contribution in [0.25, 0.3) is 0 Å². The Morgan fingerprint density at radius 3 is 2.86 bits per heavy atom. The summed E-state index contributed by atoms with van der Waals surface area (Å²) in [6.45, 7) is 10.1. The highest BCUT2D eigenvalue weighted by Crippen LogP contribution is 2.19. The number of non-ortho nitro benzene ring substituents is 1. The zero-order chi connectivity index (χ0) is 19.1. The molecule has 1 unspecified atom stereocenters. The lowest BCUT2D eigenvalue weighted by molar-refractivity contribution is -0.384. The monoisotopic (exact) mass is 503 g/mol. The molecule has 0 spiro atoms. The SMILES string of the molecule is CCNC(=NCc1cccc([N+](=O)[O-])c1)N1CCC(CN2CCOCC2)C1.I. The van der Waals surface area contributed by atoms with Crippen molar-refractivity contribution in [2.45, 2.75) is 19.9 Å². The number of guanidine groups is 1. The minimum Gasteiger partial charge on any atom is -0.379 e. The summed E-state index contributed by atoms with van der Waals surface area (Å²) in [6.07, 6.45) is 1.17. The highest BCUT2D eigenvalue weighted by atomic mass is 127. The van der Waals surface area contributed by atoms with E-state index in [0.717, 1.165) is 64.0 Å². The van der Waals surface area contributed by atoms with Gasteiger partial charge in [-0.2, -0.15) is 0 Å². The van der Waals surface area contributed by atoms with E-state index in [2.05, 4.69) is 22.0 Å². The van der Waals surface area contributed by atoms with Crippen LogP contribution >= 0.6 is 24.0 Å². The fourth-order valence-electron chi connectivity index (χ4n) is 3.68. The Kier molecular flexibility index (Phi) is 9.39. The van der Waals surface area contributed by atoms with Crippen LogP contribution in [0.15, 0.2) is 29.3 Å². The number of halogens is 1. The van der Waals surface area contributed by atoms with Gasteiger partial charge in [-0.3, -0.25) is 15.0 Å². The number of nitrogens with one attached hydrogen (secondary N) is 1. The van der Waals surface area contributed by atoms with Crippen molar-refractivity contribution in [2.75, 3.05) is 52.5 Å². The number of likely N-dealkylation sites (tertiary alicyclic amines) is 1. The van der Waals surface area contributed by atoms with Gasteiger partial charge in [0.05, 0.1) is 24.7 Å². The number of hydrogen-bond acceptors (Lipinski definition) is 5. The normalized spacial score (nSPS) is 20.7. The molecule has 9 heteroatoms. The van der Waals surface area contributed by atoms with E-state index >= 15 is 0 Å². The lowest BCUT2D eigenvalue weighted by Gasteiger charge is -2.29. The molecule has 28 heavy (non-hydrogen) atoms. The van der Waals surface area contributed by atoms with Crippen molar-refractivity contribution in [3.05, 3.63) is 39.9 Å². The number of rotatable bonds is 6. The van der Waals surface area contributed by atoms with Crippen LogP contribution in [0.3, 0.4) is 0 Å².